The van der Waals surface area contributed by atoms with Crippen LogP contribution in [0.4, 0.5) is 0 Å². The van der Waals surface area contributed by atoms with Crippen LogP contribution in [0.5, 0.6) is 0 Å². The van der Waals surface area contributed by atoms with Crippen LogP contribution in [-0.4, -0.2) is 40.0 Å². The molecular formula is C11H14N2O3. The average Bonchev–Trinajstić information content (AvgIpc) is 2.84. The van der Waals surface area contributed by atoms with Crippen molar-refractivity contribution in [3.05, 3.63) is 24.0 Å². The number of aromatic nitrogens is 1. The number of carboxylic acid groups (broad SMARTS) is 1. The summed E-state index contributed by atoms with van der Waals surface area (Å²) in [6.07, 6.45) is 2.63. The number of nitrogens with one attached hydrogen (secondary N) is 1. The van der Waals surface area contributed by atoms with Crippen LogP contribution in [-0.2, 0) is 4.79 Å². The highest BCUT2D eigenvalue weighted by Crippen LogP contribution is 2.20. The number of carboxylic acids is 1. The Morgan fingerprint density at radius 3 is 3.00 bits per heavy atom. The van der Waals surface area contributed by atoms with Crippen molar-refractivity contribution in [2.45, 2.75) is 12.8 Å². The number of aromatic amines is 1. The minimum absolute atomic E-state index is 0.0436. The summed E-state index contributed by atoms with van der Waals surface area (Å²) in [6.45, 7) is 1.19. The second kappa shape index (κ2) is 4.38. The van der Waals surface area contributed by atoms with Gasteiger partial charge in [0, 0.05) is 25.7 Å². The van der Waals surface area contributed by atoms with Crippen LogP contribution < -0.4 is 0 Å². The Kier molecular flexibility index (Phi) is 2.94. The maximum atomic E-state index is 11.9. The summed E-state index contributed by atoms with van der Waals surface area (Å²) in [6, 6.07) is 3.50. The van der Waals surface area contributed by atoms with Gasteiger partial charge in [-0.2, -0.15) is 0 Å². The second-order valence-corrected chi connectivity index (χ2v) is 4.09. The third kappa shape index (κ3) is 2.24. The fourth-order valence-electron chi connectivity index (χ4n) is 2.06. The predicted octanol–water partition coefficient (Wildman–Crippen LogP) is 0.952. The molecule has 1 aliphatic heterocycles. The summed E-state index contributed by atoms with van der Waals surface area (Å²) in [4.78, 5) is 27.0. The molecule has 0 saturated carbocycles. The van der Waals surface area contributed by atoms with Crippen molar-refractivity contribution in [2.24, 2.45) is 5.92 Å². The summed E-state index contributed by atoms with van der Waals surface area (Å²) >= 11 is 0. The third-order valence-electron chi connectivity index (χ3n) is 2.86. The van der Waals surface area contributed by atoms with Gasteiger partial charge in [-0.05, 0) is 24.5 Å². The molecule has 1 aliphatic rings. The molecule has 86 valence electrons. The molecular weight excluding hydrogens is 208 g/mol. The molecule has 1 aromatic rings. The van der Waals surface area contributed by atoms with Crippen LogP contribution >= 0.6 is 0 Å². The lowest BCUT2D eigenvalue weighted by molar-refractivity contribution is -0.138. The number of hydrogen-bond acceptors (Lipinski definition) is 2. The first-order valence-corrected chi connectivity index (χ1v) is 5.31. The summed E-state index contributed by atoms with van der Waals surface area (Å²) in [5, 5.41) is 8.67. The first-order valence-electron chi connectivity index (χ1n) is 5.31. The van der Waals surface area contributed by atoms with E-state index in [2.05, 4.69) is 4.98 Å². The van der Waals surface area contributed by atoms with Gasteiger partial charge in [0.15, 0.2) is 0 Å². The van der Waals surface area contributed by atoms with Gasteiger partial charge in [-0.1, -0.05) is 0 Å². The van der Waals surface area contributed by atoms with E-state index in [1.54, 1.807) is 23.2 Å². The Morgan fingerprint density at radius 1 is 1.56 bits per heavy atom. The first kappa shape index (κ1) is 10.7. The molecule has 1 saturated heterocycles. The number of rotatable bonds is 3. The highest BCUT2D eigenvalue weighted by molar-refractivity contribution is 5.92. The second-order valence-electron chi connectivity index (χ2n) is 4.09. The fourth-order valence-corrected chi connectivity index (χ4v) is 2.06. The number of amides is 1. The van der Waals surface area contributed by atoms with Gasteiger partial charge in [0.1, 0.15) is 5.69 Å². The quantitative estimate of drug-likeness (QED) is 0.799. The summed E-state index contributed by atoms with van der Waals surface area (Å²) in [5.74, 6) is -0.742. The number of aliphatic carboxylic acids is 1. The topological polar surface area (TPSA) is 73.4 Å². The van der Waals surface area contributed by atoms with Gasteiger partial charge in [0.25, 0.3) is 5.91 Å². The average molecular weight is 222 g/mol. The molecule has 2 N–H and O–H groups in total. The zero-order valence-electron chi connectivity index (χ0n) is 8.85. The van der Waals surface area contributed by atoms with Gasteiger partial charge in [0.2, 0.25) is 0 Å². The molecule has 0 spiro atoms. The van der Waals surface area contributed by atoms with E-state index in [1.807, 2.05) is 0 Å². The molecule has 0 radical (unpaired) electrons. The molecule has 1 fully saturated rings. The lowest BCUT2D eigenvalue weighted by Gasteiger charge is -2.14. The van der Waals surface area contributed by atoms with E-state index < -0.39 is 5.97 Å². The van der Waals surface area contributed by atoms with E-state index in [4.69, 9.17) is 5.11 Å². The summed E-state index contributed by atoms with van der Waals surface area (Å²) < 4.78 is 0. The zero-order chi connectivity index (χ0) is 11.5. The molecule has 2 rings (SSSR count). The predicted molar refractivity (Wildman–Crippen MR) is 57.1 cm³/mol. The maximum Gasteiger partial charge on any atom is 0.303 e. The van der Waals surface area contributed by atoms with Crippen LogP contribution in [0, 0.1) is 5.92 Å². The van der Waals surface area contributed by atoms with Crippen molar-refractivity contribution in [1.82, 2.24) is 9.88 Å². The highest BCUT2D eigenvalue weighted by Gasteiger charge is 2.28. The monoisotopic (exact) mass is 222 g/mol. The van der Waals surface area contributed by atoms with Crippen molar-refractivity contribution >= 4 is 11.9 Å². The van der Waals surface area contributed by atoms with Gasteiger partial charge in [-0.15, -0.1) is 0 Å². The van der Waals surface area contributed by atoms with Crippen LogP contribution in [0.25, 0.3) is 0 Å². The maximum absolute atomic E-state index is 11.9. The lowest BCUT2D eigenvalue weighted by atomic mass is 10.1. The molecule has 5 heteroatoms. The SMILES string of the molecule is O=C(O)CC1CCN(C(=O)c2ccc[nH]2)C1. The van der Waals surface area contributed by atoms with Crippen LogP contribution in [0.2, 0.25) is 0 Å². The van der Waals surface area contributed by atoms with Crippen molar-refractivity contribution < 1.29 is 14.7 Å². The Hall–Kier alpha value is -1.78. The van der Waals surface area contributed by atoms with Crippen molar-refractivity contribution in [2.75, 3.05) is 13.1 Å². The number of carbonyl (C=O) groups excluding carboxylic acids is 1. The smallest absolute Gasteiger partial charge is 0.303 e. The van der Waals surface area contributed by atoms with Crippen molar-refractivity contribution in [3.63, 3.8) is 0 Å². The molecule has 1 atom stereocenters. The van der Waals surface area contributed by atoms with E-state index in [9.17, 15) is 9.59 Å². The van der Waals surface area contributed by atoms with E-state index in [-0.39, 0.29) is 18.2 Å². The normalized spacial score (nSPS) is 20.0. The van der Waals surface area contributed by atoms with E-state index in [0.29, 0.717) is 18.8 Å². The van der Waals surface area contributed by atoms with Gasteiger partial charge in [0.05, 0.1) is 0 Å². The Labute approximate surface area is 93.1 Å². The van der Waals surface area contributed by atoms with E-state index >= 15 is 0 Å². The highest BCUT2D eigenvalue weighted by atomic mass is 16.4. The Bertz CT molecular complexity index is 386. The molecule has 5 nitrogen and oxygen atoms in total. The van der Waals surface area contributed by atoms with E-state index in [0.717, 1.165) is 6.42 Å². The van der Waals surface area contributed by atoms with Crippen molar-refractivity contribution in [1.29, 1.82) is 0 Å². The Balaban J connectivity index is 1.94. The number of carbonyl (C=O) groups is 2. The van der Waals surface area contributed by atoms with Gasteiger partial charge in [-0.3, -0.25) is 9.59 Å². The summed E-state index contributed by atoms with van der Waals surface area (Å²) in [5.41, 5.74) is 0.566. The molecule has 0 aromatic carbocycles. The number of likely N-dealkylation sites (tertiary alicyclic amines) is 1. The molecule has 1 unspecified atom stereocenters. The van der Waals surface area contributed by atoms with Gasteiger partial charge >= 0.3 is 5.97 Å². The zero-order valence-corrected chi connectivity index (χ0v) is 8.85. The molecule has 2 heterocycles. The minimum Gasteiger partial charge on any atom is -0.481 e. The van der Waals surface area contributed by atoms with Gasteiger partial charge in [-0.25, -0.2) is 0 Å². The van der Waals surface area contributed by atoms with Crippen LogP contribution in [0.3, 0.4) is 0 Å². The Morgan fingerprint density at radius 2 is 2.38 bits per heavy atom. The molecule has 16 heavy (non-hydrogen) atoms. The molecule has 0 aliphatic carbocycles. The molecule has 1 amide bonds. The molecule has 0 bridgehead atoms. The minimum atomic E-state index is -0.792. The van der Waals surface area contributed by atoms with Crippen molar-refractivity contribution in [3.8, 4) is 0 Å². The largest absolute Gasteiger partial charge is 0.481 e. The number of nitrogens with zero attached hydrogens (tertiary/aromatic N) is 1. The van der Waals surface area contributed by atoms with E-state index in [1.165, 1.54) is 0 Å². The van der Waals surface area contributed by atoms with Crippen LogP contribution in [0.15, 0.2) is 18.3 Å². The van der Waals surface area contributed by atoms with Crippen LogP contribution in [0.1, 0.15) is 23.3 Å². The fraction of sp³-hybridized carbons (Fsp3) is 0.455. The first-order chi connectivity index (χ1) is 7.66. The molecule has 1 aromatic heterocycles. The van der Waals surface area contributed by atoms with Gasteiger partial charge < -0.3 is 15.0 Å². The lowest BCUT2D eigenvalue weighted by Crippen LogP contribution is -2.29. The standard InChI is InChI=1S/C11H14N2O3/c14-10(15)6-8-3-5-13(7-8)11(16)9-2-1-4-12-9/h1-2,4,8,12H,3,5-7H2,(H,14,15). The number of H-pyrrole nitrogens is 1. The summed E-state index contributed by atoms with van der Waals surface area (Å²) in [7, 11) is 0. The third-order valence-corrected chi connectivity index (χ3v) is 2.86. The number of hydrogen-bond donors (Lipinski definition) is 2.